The van der Waals surface area contributed by atoms with Gasteiger partial charge in [-0.1, -0.05) is 42.5 Å². The molecule has 2 aliphatic rings. The number of carbonyl (C=O) groups excluding carboxylic acids is 5. The first-order valence-corrected chi connectivity index (χ1v) is 12.6. The summed E-state index contributed by atoms with van der Waals surface area (Å²) in [6, 6.07) is 13.6. The predicted octanol–water partition coefficient (Wildman–Crippen LogP) is 2.15. The van der Waals surface area contributed by atoms with Crippen molar-refractivity contribution in [3.8, 4) is 0 Å². The van der Waals surface area contributed by atoms with Crippen LogP contribution < -0.4 is 16.0 Å². The van der Waals surface area contributed by atoms with E-state index in [1.165, 1.54) is 11.8 Å². The summed E-state index contributed by atoms with van der Waals surface area (Å²) >= 11 is 0. The Morgan fingerprint density at radius 3 is 2.51 bits per heavy atom. The molecule has 3 N–H and O–H groups in total. The van der Waals surface area contributed by atoms with E-state index in [0.717, 1.165) is 16.7 Å². The SMILES string of the molecule is CC(=O)N[C@@H](CCCc1cccc2c1CN(C1CCC(=O)NC1=O)C2=O)C(=O)N[C@@H](C)c1ccccc1. The van der Waals surface area contributed by atoms with Crippen molar-refractivity contribution in [1.82, 2.24) is 20.9 Å². The minimum absolute atomic E-state index is 0.202. The number of fused-ring (bicyclic) bond motifs is 1. The minimum Gasteiger partial charge on any atom is -0.348 e. The van der Waals surface area contributed by atoms with Crippen molar-refractivity contribution in [3.63, 3.8) is 0 Å². The number of hydrogen-bond acceptors (Lipinski definition) is 5. The summed E-state index contributed by atoms with van der Waals surface area (Å²) < 4.78 is 0. The maximum Gasteiger partial charge on any atom is 0.255 e. The molecule has 0 saturated carbocycles. The highest BCUT2D eigenvalue weighted by Gasteiger charge is 2.39. The molecule has 3 atom stereocenters. The summed E-state index contributed by atoms with van der Waals surface area (Å²) in [5, 5.41) is 8.06. The van der Waals surface area contributed by atoms with Crippen LogP contribution in [0.2, 0.25) is 0 Å². The summed E-state index contributed by atoms with van der Waals surface area (Å²) in [5.41, 5.74) is 3.38. The van der Waals surface area contributed by atoms with Crippen molar-refractivity contribution in [2.45, 2.75) is 70.6 Å². The third-order valence-electron chi connectivity index (χ3n) is 6.97. The molecule has 0 aliphatic carbocycles. The number of amides is 5. The second kappa shape index (κ2) is 11.4. The number of piperidine rings is 1. The number of imide groups is 1. The van der Waals surface area contributed by atoms with Gasteiger partial charge in [-0.05, 0) is 55.4 Å². The molecule has 0 radical (unpaired) electrons. The predicted molar refractivity (Wildman–Crippen MR) is 136 cm³/mol. The van der Waals surface area contributed by atoms with E-state index in [9.17, 15) is 24.0 Å². The standard InChI is InChI=1S/C28H32N4O5/c1-17(19-8-4-3-5-9-19)29-26(35)23(30-18(2)33)13-7-11-20-10-6-12-21-22(20)16-32(28(21)37)24-14-15-25(34)31-27(24)36/h3-6,8-10,12,17,23-24H,7,11,13-16H2,1-2H3,(H,29,35)(H,30,33)(H,31,34,36)/t17-,23-,24?/m0/s1. The van der Waals surface area contributed by atoms with Gasteiger partial charge in [-0.15, -0.1) is 0 Å². The fourth-order valence-electron chi connectivity index (χ4n) is 5.03. The Balaban J connectivity index is 1.39. The van der Waals surface area contributed by atoms with Crippen LogP contribution in [0.25, 0.3) is 0 Å². The van der Waals surface area contributed by atoms with Crippen molar-refractivity contribution in [2.75, 3.05) is 0 Å². The highest BCUT2D eigenvalue weighted by molar-refractivity contribution is 6.05. The third-order valence-corrected chi connectivity index (χ3v) is 6.97. The Morgan fingerprint density at radius 2 is 1.81 bits per heavy atom. The molecule has 0 spiro atoms. The van der Waals surface area contributed by atoms with Crippen molar-refractivity contribution in [3.05, 3.63) is 70.8 Å². The molecule has 37 heavy (non-hydrogen) atoms. The molecule has 2 aromatic rings. The fourth-order valence-corrected chi connectivity index (χ4v) is 5.03. The molecule has 0 aromatic heterocycles. The van der Waals surface area contributed by atoms with E-state index >= 15 is 0 Å². The highest BCUT2D eigenvalue weighted by Crippen LogP contribution is 2.30. The van der Waals surface area contributed by atoms with Crippen molar-refractivity contribution >= 4 is 29.5 Å². The normalized spacial score (nSPS) is 18.6. The van der Waals surface area contributed by atoms with Gasteiger partial charge in [-0.3, -0.25) is 29.3 Å². The Morgan fingerprint density at radius 1 is 1.05 bits per heavy atom. The first-order valence-electron chi connectivity index (χ1n) is 12.6. The second-order valence-electron chi connectivity index (χ2n) is 9.63. The lowest BCUT2D eigenvalue weighted by Crippen LogP contribution is -2.52. The number of nitrogens with one attached hydrogen (secondary N) is 3. The average Bonchev–Trinajstić information content (AvgIpc) is 3.20. The zero-order chi connectivity index (χ0) is 26.5. The smallest absolute Gasteiger partial charge is 0.255 e. The third kappa shape index (κ3) is 6.04. The van der Waals surface area contributed by atoms with E-state index in [1.54, 1.807) is 6.07 Å². The van der Waals surface area contributed by atoms with E-state index in [0.29, 0.717) is 37.8 Å². The molecule has 194 valence electrons. The summed E-state index contributed by atoms with van der Waals surface area (Å²) in [5.74, 6) is -1.49. The first kappa shape index (κ1) is 26.1. The summed E-state index contributed by atoms with van der Waals surface area (Å²) in [6.07, 6.45) is 2.17. The van der Waals surface area contributed by atoms with Crippen molar-refractivity contribution in [1.29, 1.82) is 0 Å². The zero-order valence-electron chi connectivity index (χ0n) is 21.1. The van der Waals surface area contributed by atoms with E-state index in [4.69, 9.17) is 0 Å². The Bertz CT molecular complexity index is 1210. The molecule has 2 aromatic carbocycles. The van der Waals surface area contributed by atoms with Gasteiger partial charge in [0.2, 0.25) is 23.6 Å². The van der Waals surface area contributed by atoms with Gasteiger partial charge in [0.1, 0.15) is 12.1 Å². The van der Waals surface area contributed by atoms with E-state index in [-0.39, 0.29) is 36.1 Å². The molecule has 2 aliphatic heterocycles. The zero-order valence-corrected chi connectivity index (χ0v) is 21.1. The van der Waals surface area contributed by atoms with Gasteiger partial charge in [0.25, 0.3) is 5.91 Å². The lowest BCUT2D eigenvalue weighted by Gasteiger charge is -2.29. The van der Waals surface area contributed by atoms with Crippen LogP contribution in [0.4, 0.5) is 0 Å². The number of carbonyl (C=O) groups is 5. The molecule has 1 unspecified atom stereocenters. The molecular formula is C28H32N4O5. The molecule has 9 nitrogen and oxygen atoms in total. The molecule has 2 heterocycles. The maximum absolute atomic E-state index is 13.0. The first-order chi connectivity index (χ1) is 17.7. The van der Waals surface area contributed by atoms with Gasteiger partial charge < -0.3 is 15.5 Å². The van der Waals surface area contributed by atoms with E-state index in [1.807, 2.05) is 49.4 Å². The van der Waals surface area contributed by atoms with Crippen LogP contribution >= 0.6 is 0 Å². The second-order valence-corrected chi connectivity index (χ2v) is 9.63. The average molecular weight is 505 g/mol. The molecule has 5 amide bonds. The van der Waals surface area contributed by atoms with Crippen LogP contribution in [0.15, 0.2) is 48.5 Å². The fraction of sp³-hybridized carbons (Fsp3) is 0.393. The van der Waals surface area contributed by atoms with Crippen molar-refractivity contribution < 1.29 is 24.0 Å². The lowest BCUT2D eigenvalue weighted by molar-refractivity contribution is -0.137. The number of benzene rings is 2. The molecule has 9 heteroatoms. The number of aryl methyl sites for hydroxylation is 1. The monoisotopic (exact) mass is 504 g/mol. The Labute approximate surface area is 216 Å². The van der Waals surface area contributed by atoms with Gasteiger partial charge in [0, 0.05) is 25.5 Å². The Kier molecular flexibility index (Phi) is 8.01. The highest BCUT2D eigenvalue weighted by atomic mass is 16.2. The number of nitrogens with zero attached hydrogens (tertiary/aromatic N) is 1. The summed E-state index contributed by atoms with van der Waals surface area (Å²) in [7, 11) is 0. The maximum atomic E-state index is 13.0. The van der Waals surface area contributed by atoms with Crippen LogP contribution in [0.1, 0.15) is 72.6 Å². The molecular weight excluding hydrogens is 472 g/mol. The van der Waals surface area contributed by atoms with E-state index in [2.05, 4.69) is 16.0 Å². The van der Waals surface area contributed by atoms with Crippen LogP contribution in [0.3, 0.4) is 0 Å². The largest absolute Gasteiger partial charge is 0.348 e. The molecule has 4 rings (SSSR count). The molecule has 1 saturated heterocycles. The van der Waals surface area contributed by atoms with Crippen LogP contribution in [-0.2, 0) is 32.1 Å². The van der Waals surface area contributed by atoms with Gasteiger partial charge >= 0.3 is 0 Å². The molecule has 0 bridgehead atoms. The summed E-state index contributed by atoms with van der Waals surface area (Å²) in [4.78, 5) is 63.2. The number of rotatable bonds is 9. The lowest BCUT2D eigenvalue weighted by atomic mass is 9.97. The van der Waals surface area contributed by atoms with Crippen LogP contribution in [-0.4, -0.2) is 46.5 Å². The van der Waals surface area contributed by atoms with Gasteiger partial charge in [-0.25, -0.2) is 0 Å². The van der Waals surface area contributed by atoms with Crippen LogP contribution in [0, 0.1) is 0 Å². The van der Waals surface area contributed by atoms with E-state index < -0.39 is 18.0 Å². The quantitative estimate of drug-likeness (QED) is 0.452. The van der Waals surface area contributed by atoms with Crippen molar-refractivity contribution in [2.24, 2.45) is 0 Å². The van der Waals surface area contributed by atoms with Gasteiger partial charge in [-0.2, -0.15) is 0 Å². The number of hydrogen-bond donors (Lipinski definition) is 3. The Hall–Kier alpha value is -4.01. The minimum atomic E-state index is -0.679. The topological polar surface area (TPSA) is 125 Å². The van der Waals surface area contributed by atoms with Gasteiger partial charge in [0.05, 0.1) is 6.04 Å². The van der Waals surface area contributed by atoms with Gasteiger partial charge in [0.15, 0.2) is 0 Å². The molecule has 1 fully saturated rings. The van der Waals surface area contributed by atoms with Crippen LogP contribution in [0.5, 0.6) is 0 Å². The summed E-state index contributed by atoms with van der Waals surface area (Å²) in [6.45, 7) is 3.59.